The summed E-state index contributed by atoms with van der Waals surface area (Å²) in [5.74, 6) is 0.360. The molecule has 1 aromatic rings. The van der Waals surface area contributed by atoms with Crippen LogP contribution in [0.3, 0.4) is 0 Å². The van der Waals surface area contributed by atoms with Gasteiger partial charge in [-0.25, -0.2) is 8.78 Å². The summed E-state index contributed by atoms with van der Waals surface area (Å²) in [7, 11) is 1.98. The van der Waals surface area contributed by atoms with Gasteiger partial charge in [-0.1, -0.05) is 33.3 Å². The Labute approximate surface area is 217 Å². The van der Waals surface area contributed by atoms with Gasteiger partial charge in [-0.3, -0.25) is 9.98 Å². The number of benzene rings is 1. The molecular weight excluding hydrogens is 454 g/mol. The number of likely N-dealkylation sites (tertiary alicyclic amines) is 1. The molecule has 0 saturated carbocycles. The van der Waals surface area contributed by atoms with Crippen LogP contribution in [-0.2, 0) is 12.8 Å². The van der Waals surface area contributed by atoms with E-state index in [1.165, 1.54) is 12.1 Å². The number of allylic oxidation sites excluding steroid dienone is 2. The van der Waals surface area contributed by atoms with Gasteiger partial charge >= 0.3 is 0 Å². The van der Waals surface area contributed by atoms with Gasteiger partial charge in [0.05, 0.1) is 0 Å². The predicted molar refractivity (Wildman–Crippen MR) is 150 cm³/mol. The zero-order valence-electron chi connectivity index (χ0n) is 22.7. The van der Waals surface area contributed by atoms with E-state index < -0.39 is 11.6 Å². The number of aliphatic imine (C=N–C) groups is 2. The third kappa shape index (κ3) is 9.96. The number of nitrogens with one attached hydrogen (secondary N) is 1. The molecule has 36 heavy (non-hydrogen) atoms. The van der Waals surface area contributed by atoms with Gasteiger partial charge in [-0.05, 0) is 93.9 Å². The minimum absolute atomic E-state index is 0.140. The van der Waals surface area contributed by atoms with Gasteiger partial charge in [0.2, 0.25) is 0 Å². The summed E-state index contributed by atoms with van der Waals surface area (Å²) in [5.41, 5.74) is 2.76. The Bertz CT molecular complexity index is 864. The predicted octanol–water partition coefficient (Wildman–Crippen LogP) is 6.76. The Balaban J connectivity index is 1.80. The van der Waals surface area contributed by atoms with E-state index in [1.807, 2.05) is 13.3 Å². The molecule has 0 aliphatic carbocycles. The molecule has 1 heterocycles. The molecule has 6 heteroatoms. The van der Waals surface area contributed by atoms with Crippen molar-refractivity contribution in [3.63, 3.8) is 0 Å². The van der Waals surface area contributed by atoms with Crippen LogP contribution < -0.4 is 5.32 Å². The zero-order chi connectivity index (χ0) is 26.3. The lowest BCUT2D eigenvalue weighted by molar-refractivity contribution is 0.137. The van der Waals surface area contributed by atoms with Gasteiger partial charge in [-0.2, -0.15) is 0 Å². The molecule has 0 aromatic heterocycles. The second kappa shape index (κ2) is 16.4. The first kappa shape index (κ1) is 29.9. The molecule has 200 valence electrons. The van der Waals surface area contributed by atoms with Crippen molar-refractivity contribution in [3.05, 3.63) is 58.9 Å². The monoisotopic (exact) mass is 500 g/mol. The molecule has 0 radical (unpaired) electrons. The van der Waals surface area contributed by atoms with Crippen molar-refractivity contribution >= 4 is 12.9 Å². The number of halogens is 2. The summed E-state index contributed by atoms with van der Waals surface area (Å²) in [6.45, 7) is 15.5. The molecule has 0 spiro atoms. The Kier molecular flexibility index (Phi) is 13.6. The van der Waals surface area contributed by atoms with Gasteiger partial charge in [0, 0.05) is 49.7 Å². The molecule has 1 atom stereocenters. The average molecular weight is 501 g/mol. The molecule has 0 amide bonds. The molecule has 1 saturated heterocycles. The van der Waals surface area contributed by atoms with Crippen molar-refractivity contribution in [1.29, 1.82) is 0 Å². The second-order valence-corrected chi connectivity index (χ2v) is 10.0. The largest absolute Gasteiger partial charge is 0.374 e. The molecule has 1 aliphatic heterocycles. The molecular formula is C30H46F2N4. The third-order valence-corrected chi connectivity index (χ3v) is 7.28. The highest BCUT2D eigenvalue weighted by molar-refractivity contribution is 5.78. The lowest BCUT2D eigenvalue weighted by atomic mass is 9.93. The smallest absolute Gasteiger partial charge is 0.129 e. The standard InChI is InChI=1S/C30H46F2N4/c1-6-24(19-34-5)20-35-15-13-26(12-14-33-4)10-8-9-11-27-17-29(31)28(30(32)18-27)16-23(3)36-21-25(7-2)22-36/h17-20,25-26,33H,3,5-16,21-22H2,1-2,4H3/b24-19-,35-20-. The van der Waals surface area contributed by atoms with E-state index >= 15 is 0 Å². The topological polar surface area (TPSA) is 40.0 Å². The van der Waals surface area contributed by atoms with Crippen molar-refractivity contribution < 1.29 is 8.78 Å². The summed E-state index contributed by atoms with van der Waals surface area (Å²) in [6, 6.07) is 3.03. The highest BCUT2D eigenvalue weighted by Crippen LogP contribution is 2.27. The van der Waals surface area contributed by atoms with E-state index in [2.05, 4.69) is 47.3 Å². The Hall–Kier alpha value is -2.34. The minimum atomic E-state index is -0.448. The van der Waals surface area contributed by atoms with Crippen molar-refractivity contribution in [2.75, 3.05) is 33.2 Å². The molecule has 2 rings (SSSR count). The summed E-state index contributed by atoms with van der Waals surface area (Å²) < 4.78 is 29.5. The van der Waals surface area contributed by atoms with Crippen LogP contribution in [0.5, 0.6) is 0 Å². The van der Waals surface area contributed by atoms with Crippen LogP contribution in [0.1, 0.15) is 69.9 Å². The first-order valence-corrected chi connectivity index (χ1v) is 13.6. The third-order valence-electron chi connectivity index (χ3n) is 7.28. The quantitative estimate of drug-likeness (QED) is 0.179. The van der Waals surface area contributed by atoms with Gasteiger partial charge in [0.25, 0.3) is 0 Å². The number of nitrogens with zero attached hydrogens (tertiary/aromatic N) is 3. The Morgan fingerprint density at radius 2 is 1.89 bits per heavy atom. The number of hydrogen-bond acceptors (Lipinski definition) is 4. The maximum absolute atomic E-state index is 14.7. The normalized spacial score (nSPS) is 15.4. The van der Waals surface area contributed by atoms with Gasteiger partial charge in [0.15, 0.2) is 0 Å². The van der Waals surface area contributed by atoms with E-state index in [-0.39, 0.29) is 12.0 Å². The van der Waals surface area contributed by atoms with Crippen LogP contribution >= 0.6 is 0 Å². The van der Waals surface area contributed by atoms with E-state index in [1.54, 1.807) is 6.20 Å². The molecule has 4 nitrogen and oxygen atoms in total. The van der Waals surface area contributed by atoms with Crippen molar-refractivity contribution in [1.82, 2.24) is 10.2 Å². The van der Waals surface area contributed by atoms with Crippen LogP contribution in [0.25, 0.3) is 0 Å². The number of rotatable bonds is 18. The van der Waals surface area contributed by atoms with Crippen molar-refractivity contribution in [2.45, 2.75) is 71.6 Å². The number of hydrogen-bond donors (Lipinski definition) is 1. The Morgan fingerprint density at radius 1 is 1.17 bits per heavy atom. The maximum atomic E-state index is 14.7. The first-order valence-electron chi connectivity index (χ1n) is 13.6. The van der Waals surface area contributed by atoms with E-state index in [9.17, 15) is 8.78 Å². The summed E-state index contributed by atoms with van der Waals surface area (Å²) in [6.07, 6.45) is 11.8. The molecule has 1 aromatic carbocycles. The second-order valence-electron chi connectivity index (χ2n) is 10.0. The highest BCUT2D eigenvalue weighted by Gasteiger charge is 2.26. The molecule has 1 N–H and O–H groups in total. The van der Waals surface area contributed by atoms with Crippen LogP contribution in [0.15, 0.2) is 46.2 Å². The lowest BCUT2D eigenvalue weighted by Gasteiger charge is -2.42. The average Bonchev–Trinajstić information content (AvgIpc) is 2.83. The van der Waals surface area contributed by atoms with Gasteiger partial charge in [0.1, 0.15) is 11.6 Å². The fraction of sp³-hybridized carbons (Fsp3) is 0.600. The maximum Gasteiger partial charge on any atom is 0.129 e. The van der Waals surface area contributed by atoms with Crippen molar-refractivity contribution in [2.24, 2.45) is 21.8 Å². The van der Waals surface area contributed by atoms with E-state index in [4.69, 9.17) is 0 Å². The zero-order valence-corrected chi connectivity index (χ0v) is 22.7. The molecule has 1 unspecified atom stereocenters. The summed E-state index contributed by atoms with van der Waals surface area (Å²) >= 11 is 0. The van der Waals surface area contributed by atoms with Crippen LogP contribution in [-0.4, -0.2) is 51.1 Å². The van der Waals surface area contributed by atoms with Gasteiger partial charge < -0.3 is 10.2 Å². The van der Waals surface area contributed by atoms with E-state index in [0.29, 0.717) is 18.3 Å². The van der Waals surface area contributed by atoms with Crippen LogP contribution in [0.4, 0.5) is 8.78 Å². The minimum Gasteiger partial charge on any atom is -0.374 e. The van der Waals surface area contributed by atoms with Crippen LogP contribution in [0, 0.1) is 23.5 Å². The number of aryl methyl sites for hydroxylation is 1. The molecule has 0 bridgehead atoms. The molecule has 1 aliphatic rings. The summed E-state index contributed by atoms with van der Waals surface area (Å²) in [4.78, 5) is 10.5. The van der Waals surface area contributed by atoms with Crippen molar-refractivity contribution in [3.8, 4) is 0 Å². The lowest BCUT2D eigenvalue weighted by Crippen LogP contribution is -2.45. The first-order chi connectivity index (χ1) is 17.4. The number of unbranched alkanes of at least 4 members (excludes halogenated alkanes) is 1. The van der Waals surface area contributed by atoms with E-state index in [0.717, 1.165) is 88.0 Å². The SMILES string of the molecule is C=N/C=C(\C=N/CCC(CCCCc1cc(F)c(CC(=C)N2CC(CC)C2)c(F)c1)CCNC)CC. The van der Waals surface area contributed by atoms with Crippen LogP contribution in [0.2, 0.25) is 0 Å². The fourth-order valence-corrected chi connectivity index (χ4v) is 4.69. The Morgan fingerprint density at radius 3 is 2.50 bits per heavy atom. The highest BCUT2D eigenvalue weighted by atomic mass is 19.1. The summed E-state index contributed by atoms with van der Waals surface area (Å²) in [5, 5.41) is 3.24. The fourth-order valence-electron chi connectivity index (χ4n) is 4.69. The van der Waals surface area contributed by atoms with Gasteiger partial charge in [-0.15, -0.1) is 0 Å². The molecule has 1 fully saturated rings.